The Morgan fingerprint density at radius 1 is 1.61 bits per heavy atom. The number of amides is 1. The number of nitrogens with two attached hydrogens (primary N) is 1. The molecule has 0 aromatic carbocycles. The molecule has 0 bridgehead atoms. The third-order valence-electron chi connectivity index (χ3n) is 3.13. The number of hydrogen-bond donors (Lipinski definition) is 2. The zero-order valence-electron chi connectivity index (χ0n) is 10.5. The maximum atomic E-state index is 12.0. The number of aromatic nitrogens is 1. The molecule has 0 saturated heterocycles. The van der Waals surface area contributed by atoms with Crippen LogP contribution in [0.5, 0.6) is 0 Å². The minimum Gasteiger partial charge on any atom is -0.350 e. The normalized spacial score (nSPS) is 15.4. The second-order valence-electron chi connectivity index (χ2n) is 4.90. The molecule has 0 atom stereocenters. The Labute approximate surface area is 107 Å². The molecule has 1 aromatic rings. The van der Waals surface area contributed by atoms with Crippen molar-refractivity contribution in [2.75, 3.05) is 13.1 Å². The lowest BCUT2D eigenvalue weighted by molar-refractivity contribution is 0.0941. The average molecular weight is 243 g/mol. The van der Waals surface area contributed by atoms with Gasteiger partial charge >= 0.3 is 0 Å². The highest BCUT2D eigenvalue weighted by Gasteiger charge is 2.37. The first kappa shape index (κ1) is 12.6. The zero-order chi connectivity index (χ0) is 13.0. The van der Waals surface area contributed by atoms with Gasteiger partial charge in [0.2, 0.25) is 0 Å². The van der Waals surface area contributed by atoms with Crippen molar-refractivity contribution >= 4 is 5.91 Å². The summed E-state index contributed by atoms with van der Waals surface area (Å²) in [7, 11) is 0. The summed E-state index contributed by atoms with van der Waals surface area (Å²) >= 11 is 0. The van der Waals surface area contributed by atoms with E-state index in [-0.39, 0.29) is 17.9 Å². The highest BCUT2D eigenvalue weighted by Crippen LogP contribution is 2.44. The summed E-state index contributed by atoms with van der Waals surface area (Å²) in [5.41, 5.74) is 6.62. The van der Waals surface area contributed by atoms with E-state index in [9.17, 15) is 4.79 Å². The van der Waals surface area contributed by atoms with Crippen molar-refractivity contribution < 1.29 is 4.79 Å². The third-order valence-corrected chi connectivity index (χ3v) is 3.13. The molecule has 1 saturated carbocycles. The van der Waals surface area contributed by atoms with E-state index < -0.39 is 0 Å². The van der Waals surface area contributed by atoms with Gasteiger partial charge in [-0.05, 0) is 30.4 Å². The summed E-state index contributed by atoms with van der Waals surface area (Å²) in [6, 6.07) is 3.54. The molecule has 1 aliphatic rings. The fourth-order valence-electron chi connectivity index (χ4n) is 1.60. The van der Waals surface area contributed by atoms with Crippen molar-refractivity contribution in [3.8, 4) is 11.8 Å². The summed E-state index contributed by atoms with van der Waals surface area (Å²) < 4.78 is 0. The molecule has 0 aliphatic heterocycles. The Bertz CT molecular complexity index is 509. The Morgan fingerprint density at radius 3 is 3.06 bits per heavy atom. The smallest absolute Gasteiger partial charge is 0.271 e. The summed E-state index contributed by atoms with van der Waals surface area (Å²) in [5, 5.41) is 2.92. The van der Waals surface area contributed by atoms with Gasteiger partial charge in [-0.15, -0.1) is 0 Å². The SMILES string of the molecule is CC1(CNC(=O)c2ncccc2C#CCN)CC1. The molecule has 18 heavy (non-hydrogen) atoms. The molecule has 1 fully saturated rings. The molecule has 3 N–H and O–H groups in total. The first-order chi connectivity index (χ1) is 8.64. The van der Waals surface area contributed by atoms with Crippen LogP contribution in [0.25, 0.3) is 0 Å². The second-order valence-corrected chi connectivity index (χ2v) is 4.90. The molecular weight excluding hydrogens is 226 g/mol. The van der Waals surface area contributed by atoms with Gasteiger partial charge in [0.15, 0.2) is 0 Å². The van der Waals surface area contributed by atoms with E-state index in [1.807, 2.05) is 0 Å². The maximum Gasteiger partial charge on any atom is 0.271 e. The lowest BCUT2D eigenvalue weighted by Gasteiger charge is -2.10. The topological polar surface area (TPSA) is 68.0 Å². The van der Waals surface area contributed by atoms with Crippen LogP contribution in [0.1, 0.15) is 35.8 Å². The molecule has 4 nitrogen and oxygen atoms in total. The number of carbonyl (C=O) groups is 1. The third kappa shape index (κ3) is 3.08. The first-order valence-corrected chi connectivity index (χ1v) is 6.07. The van der Waals surface area contributed by atoms with E-state index >= 15 is 0 Å². The largest absolute Gasteiger partial charge is 0.350 e. The Morgan fingerprint density at radius 2 is 2.39 bits per heavy atom. The Hall–Kier alpha value is -1.86. The maximum absolute atomic E-state index is 12.0. The highest BCUT2D eigenvalue weighted by atomic mass is 16.1. The summed E-state index contributed by atoms with van der Waals surface area (Å²) in [6.07, 6.45) is 3.95. The van der Waals surface area contributed by atoms with Crippen molar-refractivity contribution in [2.24, 2.45) is 11.1 Å². The van der Waals surface area contributed by atoms with Crippen LogP contribution in [-0.4, -0.2) is 24.0 Å². The van der Waals surface area contributed by atoms with Crippen LogP contribution < -0.4 is 11.1 Å². The molecule has 1 heterocycles. The zero-order valence-corrected chi connectivity index (χ0v) is 10.5. The van der Waals surface area contributed by atoms with Crippen molar-refractivity contribution in [1.82, 2.24) is 10.3 Å². The van der Waals surface area contributed by atoms with Crippen LogP contribution >= 0.6 is 0 Å². The number of nitrogens with zero attached hydrogens (tertiary/aromatic N) is 1. The number of pyridine rings is 1. The molecule has 4 heteroatoms. The number of rotatable bonds is 3. The Balaban J connectivity index is 2.08. The second kappa shape index (κ2) is 5.19. The van der Waals surface area contributed by atoms with Crippen LogP contribution in [0.15, 0.2) is 18.3 Å². The lowest BCUT2D eigenvalue weighted by atomic mass is 10.1. The van der Waals surface area contributed by atoms with Gasteiger partial charge in [0.1, 0.15) is 5.69 Å². The van der Waals surface area contributed by atoms with E-state index in [4.69, 9.17) is 5.73 Å². The van der Waals surface area contributed by atoms with Crippen LogP contribution in [0.3, 0.4) is 0 Å². The number of nitrogens with one attached hydrogen (secondary N) is 1. The van der Waals surface area contributed by atoms with Gasteiger partial charge in [-0.25, -0.2) is 4.98 Å². The number of carbonyl (C=O) groups excluding carboxylic acids is 1. The van der Waals surface area contributed by atoms with Gasteiger partial charge in [-0.3, -0.25) is 4.79 Å². The van der Waals surface area contributed by atoms with Crippen LogP contribution in [0.4, 0.5) is 0 Å². The quantitative estimate of drug-likeness (QED) is 0.776. The lowest BCUT2D eigenvalue weighted by Crippen LogP contribution is -2.30. The molecular formula is C14H17N3O. The fraction of sp³-hybridized carbons (Fsp3) is 0.429. The predicted octanol–water partition coefficient (Wildman–Crippen LogP) is 0.922. The van der Waals surface area contributed by atoms with Gasteiger partial charge in [-0.2, -0.15) is 0 Å². The van der Waals surface area contributed by atoms with E-state index in [1.54, 1.807) is 18.3 Å². The van der Waals surface area contributed by atoms with Crippen molar-refractivity contribution in [3.63, 3.8) is 0 Å². The molecule has 0 unspecified atom stereocenters. The van der Waals surface area contributed by atoms with Gasteiger partial charge in [0.05, 0.1) is 12.1 Å². The fourth-order valence-corrected chi connectivity index (χ4v) is 1.60. The first-order valence-electron chi connectivity index (χ1n) is 6.07. The summed E-state index contributed by atoms with van der Waals surface area (Å²) in [5.74, 6) is 5.45. The summed E-state index contributed by atoms with van der Waals surface area (Å²) in [6.45, 7) is 3.14. The van der Waals surface area contributed by atoms with Crippen molar-refractivity contribution in [2.45, 2.75) is 19.8 Å². The van der Waals surface area contributed by atoms with Crippen LogP contribution in [0.2, 0.25) is 0 Å². The summed E-state index contributed by atoms with van der Waals surface area (Å²) in [4.78, 5) is 16.1. The molecule has 1 aromatic heterocycles. The van der Waals surface area contributed by atoms with Crippen molar-refractivity contribution in [1.29, 1.82) is 0 Å². The monoisotopic (exact) mass is 243 g/mol. The van der Waals surface area contributed by atoms with Crippen LogP contribution in [-0.2, 0) is 0 Å². The number of hydrogen-bond acceptors (Lipinski definition) is 3. The Kier molecular flexibility index (Phi) is 3.63. The molecule has 1 aliphatic carbocycles. The van der Waals surface area contributed by atoms with E-state index in [0.717, 1.165) is 0 Å². The van der Waals surface area contributed by atoms with Crippen molar-refractivity contribution in [3.05, 3.63) is 29.6 Å². The average Bonchev–Trinajstić information content (AvgIpc) is 3.12. The molecule has 0 radical (unpaired) electrons. The highest BCUT2D eigenvalue weighted by molar-refractivity contribution is 5.94. The molecule has 0 spiro atoms. The van der Waals surface area contributed by atoms with E-state index in [1.165, 1.54) is 12.8 Å². The molecule has 94 valence electrons. The minimum absolute atomic E-state index is 0.162. The van der Waals surface area contributed by atoms with Gasteiger partial charge < -0.3 is 11.1 Å². The standard InChI is InChI=1S/C14H17N3O/c1-14(6-7-14)10-17-13(18)12-11(4-2-8-15)5-3-9-16-12/h3,5,9H,6-8,10,15H2,1H3,(H,17,18). The van der Waals surface area contributed by atoms with Gasteiger partial charge in [0.25, 0.3) is 5.91 Å². The minimum atomic E-state index is -0.162. The van der Waals surface area contributed by atoms with Crippen LogP contribution in [0, 0.1) is 17.3 Å². The van der Waals surface area contributed by atoms with E-state index in [2.05, 4.69) is 29.1 Å². The van der Waals surface area contributed by atoms with Gasteiger partial charge in [0, 0.05) is 12.7 Å². The van der Waals surface area contributed by atoms with Gasteiger partial charge in [-0.1, -0.05) is 18.8 Å². The molecule has 2 rings (SSSR count). The predicted molar refractivity (Wildman–Crippen MR) is 69.8 cm³/mol. The van der Waals surface area contributed by atoms with E-state index in [0.29, 0.717) is 17.8 Å². The molecule has 1 amide bonds.